The van der Waals surface area contributed by atoms with Gasteiger partial charge in [-0.2, -0.15) is 0 Å². The number of pyridine rings is 1. The molecule has 27 heavy (non-hydrogen) atoms. The van der Waals surface area contributed by atoms with E-state index in [0.717, 1.165) is 10.9 Å². The van der Waals surface area contributed by atoms with Crippen molar-refractivity contribution < 1.29 is 9.59 Å². The third-order valence-corrected chi connectivity index (χ3v) is 4.62. The van der Waals surface area contributed by atoms with Gasteiger partial charge in [0.1, 0.15) is 5.82 Å². The number of rotatable bonds is 6. The summed E-state index contributed by atoms with van der Waals surface area (Å²) in [5.41, 5.74) is 1.38. The van der Waals surface area contributed by atoms with Gasteiger partial charge in [-0.1, -0.05) is 41.4 Å². The maximum Gasteiger partial charge on any atom is 0.225 e. The van der Waals surface area contributed by atoms with Crippen LogP contribution in [0.5, 0.6) is 0 Å². The van der Waals surface area contributed by atoms with Crippen molar-refractivity contribution in [3.8, 4) is 0 Å². The van der Waals surface area contributed by atoms with E-state index in [1.54, 1.807) is 24.3 Å². The monoisotopic (exact) mass is 401 g/mol. The van der Waals surface area contributed by atoms with E-state index in [-0.39, 0.29) is 24.7 Å². The normalized spacial score (nSPS) is 10.6. The largest absolute Gasteiger partial charge is 0.326 e. The highest BCUT2D eigenvalue weighted by Gasteiger charge is 2.08. The van der Waals surface area contributed by atoms with Crippen molar-refractivity contribution in [3.05, 3.63) is 64.6 Å². The summed E-state index contributed by atoms with van der Waals surface area (Å²) < 4.78 is 0. The Morgan fingerprint density at radius 1 is 0.852 bits per heavy atom. The molecule has 138 valence electrons. The van der Waals surface area contributed by atoms with E-state index < -0.39 is 0 Å². The lowest BCUT2D eigenvalue weighted by Crippen LogP contribution is -2.15. The van der Waals surface area contributed by atoms with Crippen molar-refractivity contribution in [1.29, 1.82) is 0 Å². The van der Waals surface area contributed by atoms with Gasteiger partial charge in [-0.25, -0.2) is 4.98 Å². The first kappa shape index (κ1) is 19.1. The molecule has 1 aromatic heterocycles. The Morgan fingerprint density at radius 3 is 2.37 bits per heavy atom. The highest BCUT2D eigenvalue weighted by Crippen LogP contribution is 2.25. The topological polar surface area (TPSA) is 71.1 Å². The predicted octanol–water partition coefficient (Wildman–Crippen LogP) is 5.29. The van der Waals surface area contributed by atoms with Gasteiger partial charge in [-0.3, -0.25) is 9.59 Å². The molecule has 0 spiro atoms. The van der Waals surface area contributed by atoms with Crippen LogP contribution in [0.2, 0.25) is 10.0 Å². The molecule has 2 aromatic carbocycles. The Bertz CT molecular complexity index is 992. The molecule has 0 unspecified atom stereocenters. The van der Waals surface area contributed by atoms with E-state index in [9.17, 15) is 9.59 Å². The van der Waals surface area contributed by atoms with Gasteiger partial charge in [0.05, 0.1) is 15.6 Å². The summed E-state index contributed by atoms with van der Waals surface area (Å²) >= 11 is 11.8. The predicted molar refractivity (Wildman–Crippen MR) is 109 cm³/mol. The van der Waals surface area contributed by atoms with Crippen molar-refractivity contribution in [2.24, 2.45) is 0 Å². The van der Waals surface area contributed by atoms with Crippen LogP contribution >= 0.6 is 23.2 Å². The number of aromatic nitrogens is 1. The summed E-state index contributed by atoms with van der Waals surface area (Å²) in [5, 5.41) is 7.29. The minimum absolute atomic E-state index is 0.180. The highest BCUT2D eigenvalue weighted by atomic mass is 35.5. The quantitative estimate of drug-likeness (QED) is 0.589. The summed E-state index contributed by atoms with van der Waals surface area (Å²) in [6.07, 6.45) is 0.870. The Labute approximate surface area is 166 Å². The van der Waals surface area contributed by atoms with E-state index in [0.29, 0.717) is 28.0 Å². The van der Waals surface area contributed by atoms with Crippen molar-refractivity contribution in [2.45, 2.75) is 19.3 Å². The SMILES string of the molecule is O=C(CCCC(=O)Nc1ccc2ccccc2n1)Nc1ccc(Cl)c(Cl)c1. The number of fused-ring (bicyclic) bond motifs is 1. The van der Waals surface area contributed by atoms with E-state index >= 15 is 0 Å². The molecule has 2 amide bonds. The van der Waals surface area contributed by atoms with Crippen molar-refractivity contribution in [2.75, 3.05) is 10.6 Å². The fraction of sp³-hybridized carbons (Fsp3) is 0.150. The van der Waals surface area contributed by atoms with Gasteiger partial charge in [-0.05, 0) is 42.8 Å². The molecule has 0 fully saturated rings. The van der Waals surface area contributed by atoms with Gasteiger partial charge in [-0.15, -0.1) is 0 Å². The average molecular weight is 402 g/mol. The van der Waals surface area contributed by atoms with Crippen LogP contribution in [0.15, 0.2) is 54.6 Å². The zero-order valence-electron chi connectivity index (χ0n) is 14.3. The number of benzene rings is 2. The molecule has 5 nitrogen and oxygen atoms in total. The van der Waals surface area contributed by atoms with Crippen LogP contribution in [0, 0.1) is 0 Å². The average Bonchev–Trinajstić information content (AvgIpc) is 2.64. The second-order valence-electron chi connectivity index (χ2n) is 5.97. The lowest BCUT2D eigenvalue weighted by Gasteiger charge is -2.07. The third kappa shape index (κ3) is 5.42. The van der Waals surface area contributed by atoms with Crippen LogP contribution < -0.4 is 10.6 Å². The van der Waals surface area contributed by atoms with Crippen molar-refractivity contribution >= 4 is 57.4 Å². The Morgan fingerprint density at radius 2 is 1.59 bits per heavy atom. The number of halogens is 2. The molecule has 0 radical (unpaired) electrons. The molecule has 0 saturated carbocycles. The van der Waals surface area contributed by atoms with Crippen LogP contribution in [-0.2, 0) is 9.59 Å². The van der Waals surface area contributed by atoms with Crippen LogP contribution in [0.4, 0.5) is 11.5 Å². The minimum atomic E-state index is -0.190. The molecular formula is C20H17Cl2N3O2. The molecule has 2 N–H and O–H groups in total. The number of nitrogens with zero attached hydrogens (tertiary/aromatic N) is 1. The lowest BCUT2D eigenvalue weighted by atomic mass is 10.2. The standard InChI is InChI=1S/C20H17Cl2N3O2/c21-15-10-9-14(12-16(15)22)23-19(26)6-3-7-20(27)25-18-11-8-13-4-1-2-5-17(13)24-18/h1-2,4-5,8-12H,3,6-7H2,(H,23,26)(H,24,25,27). The molecule has 0 aliphatic heterocycles. The summed E-state index contributed by atoms with van der Waals surface area (Å²) in [6, 6.07) is 16.2. The number of nitrogens with one attached hydrogen (secondary N) is 2. The Hall–Kier alpha value is -2.63. The molecule has 3 rings (SSSR count). The molecule has 0 saturated heterocycles. The van der Waals surface area contributed by atoms with Gasteiger partial charge in [0.2, 0.25) is 11.8 Å². The number of amides is 2. The zero-order valence-corrected chi connectivity index (χ0v) is 15.8. The lowest BCUT2D eigenvalue weighted by molar-refractivity contribution is -0.117. The fourth-order valence-electron chi connectivity index (χ4n) is 2.55. The first-order valence-electron chi connectivity index (χ1n) is 8.42. The number of hydrogen-bond donors (Lipinski definition) is 2. The first-order valence-corrected chi connectivity index (χ1v) is 9.17. The van der Waals surface area contributed by atoms with Gasteiger partial charge in [0.25, 0.3) is 0 Å². The number of para-hydroxylation sites is 1. The Kier molecular flexibility index (Phi) is 6.27. The zero-order chi connectivity index (χ0) is 19.2. The summed E-state index contributed by atoms with van der Waals surface area (Å²) in [4.78, 5) is 28.4. The van der Waals surface area contributed by atoms with E-state index in [1.165, 1.54) is 0 Å². The third-order valence-electron chi connectivity index (χ3n) is 3.88. The van der Waals surface area contributed by atoms with Crippen molar-refractivity contribution in [1.82, 2.24) is 4.98 Å². The number of anilines is 2. The maximum absolute atomic E-state index is 12.1. The molecule has 1 heterocycles. The van der Waals surface area contributed by atoms with Crippen LogP contribution in [-0.4, -0.2) is 16.8 Å². The fourth-order valence-corrected chi connectivity index (χ4v) is 2.85. The smallest absolute Gasteiger partial charge is 0.225 e. The summed E-state index contributed by atoms with van der Waals surface area (Å²) in [5.74, 6) is 0.129. The number of carbonyl (C=O) groups is 2. The molecule has 0 aliphatic carbocycles. The molecule has 0 bridgehead atoms. The molecule has 0 aliphatic rings. The van der Waals surface area contributed by atoms with E-state index in [4.69, 9.17) is 23.2 Å². The Balaban J connectivity index is 1.45. The number of hydrogen-bond acceptors (Lipinski definition) is 3. The summed E-state index contributed by atoms with van der Waals surface area (Å²) in [7, 11) is 0. The number of carbonyl (C=O) groups excluding carboxylic acids is 2. The summed E-state index contributed by atoms with van der Waals surface area (Å²) in [6.45, 7) is 0. The first-order chi connectivity index (χ1) is 13.0. The van der Waals surface area contributed by atoms with Crippen LogP contribution in [0.1, 0.15) is 19.3 Å². The second-order valence-corrected chi connectivity index (χ2v) is 6.78. The van der Waals surface area contributed by atoms with Gasteiger partial charge >= 0.3 is 0 Å². The molecule has 0 atom stereocenters. The van der Waals surface area contributed by atoms with E-state index in [1.807, 2.05) is 30.3 Å². The maximum atomic E-state index is 12.1. The van der Waals surface area contributed by atoms with E-state index in [2.05, 4.69) is 15.6 Å². The molecule has 3 aromatic rings. The van der Waals surface area contributed by atoms with Crippen molar-refractivity contribution in [3.63, 3.8) is 0 Å². The van der Waals surface area contributed by atoms with Gasteiger partial charge in [0.15, 0.2) is 0 Å². The highest BCUT2D eigenvalue weighted by molar-refractivity contribution is 6.42. The van der Waals surface area contributed by atoms with Gasteiger partial charge in [0, 0.05) is 23.9 Å². The van der Waals surface area contributed by atoms with Crippen LogP contribution in [0.3, 0.4) is 0 Å². The van der Waals surface area contributed by atoms with Crippen LogP contribution in [0.25, 0.3) is 10.9 Å². The van der Waals surface area contributed by atoms with Gasteiger partial charge < -0.3 is 10.6 Å². The second kappa shape index (κ2) is 8.84. The molecule has 7 heteroatoms. The molecular weight excluding hydrogens is 385 g/mol. The minimum Gasteiger partial charge on any atom is -0.326 e.